The van der Waals surface area contributed by atoms with Gasteiger partial charge in [0.05, 0.1) is 19.3 Å². The first-order valence-electron chi connectivity index (χ1n) is 10.5. The van der Waals surface area contributed by atoms with Gasteiger partial charge in [0, 0.05) is 0 Å². The highest BCUT2D eigenvalue weighted by molar-refractivity contribution is 7.46. The molecule has 0 rings (SSSR count). The van der Waals surface area contributed by atoms with Crippen LogP contribution in [0.5, 0.6) is 0 Å². The molecule has 0 fully saturated rings. The van der Waals surface area contributed by atoms with E-state index in [0.29, 0.717) is 6.42 Å². The normalized spacial score (nSPS) is 13.4. The van der Waals surface area contributed by atoms with Crippen molar-refractivity contribution < 1.29 is 34.2 Å². The van der Waals surface area contributed by atoms with Crippen molar-refractivity contribution in [2.45, 2.75) is 85.9 Å². The van der Waals surface area contributed by atoms with Crippen molar-refractivity contribution in [3.63, 3.8) is 0 Å². The fourth-order valence-electron chi connectivity index (χ4n) is 2.37. The summed E-state index contributed by atoms with van der Waals surface area (Å²) in [5, 5.41) is 24.0. The second kappa shape index (κ2) is 18.5. The van der Waals surface area contributed by atoms with E-state index in [0.717, 1.165) is 31.3 Å². The maximum absolute atomic E-state index is 11.2. The van der Waals surface area contributed by atoms with E-state index in [2.05, 4.69) is 39.8 Å². The largest absolute Gasteiger partial charge is 0.470 e. The Morgan fingerprint density at radius 3 is 1.65 bits per heavy atom. The van der Waals surface area contributed by atoms with Crippen LogP contribution in [0.25, 0.3) is 0 Å². The van der Waals surface area contributed by atoms with Gasteiger partial charge in [-0.25, -0.2) is 4.57 Å². The predicted molar refractivity (Wildman–Crippen MR) is 127 cm³/mol. The molecule has 0 saturated carbocycles. The summed E-state index contributed by atoms with van der Waals surface area (Å²) < 4.78 is 16.2. The number of rotatable bonds is 13. The second-order valence-corrected chi connectivity index (χ2v) is 9.28. The summed E-state index contributed by atoms with van der Waals surface area (Å²) in [5.74, 6) is 0. The standard InChI is InChI=1S/C20H35O4P.C3H8O3/c1-16(2)9-7-11-18(5)13-14-20(24-25(21,22)23)15-19(6)12-8-10-17(3)4;4-1-3(6)2-5/h9-10,13,15,20H,7-8,11-12,14H2,1-6H3,(H2,21,22,23);3-6H,1-2H2/b18-13+,19-15+;. The average molecular weight is 463 g/mol. The topological polar surface area (TPSA) is 127 Å². The van der Waals surface area contributed by atoms with Crippen molar-refractivity contribution in [2.75, 3.05) is 13.2 Å². The summed E-state index contributed by atoms with van der Waals surface area (Å²) in [4.78, 5) is 18.3. The van der Waals surface area contributed by atoms with Crippen LogP contribution in [0.3, 0.4) is 0 Å². The van der Waals surface area contributed by atoms with E-state index in [-0.39, 0.29) is 13.2 Å². The van der Waals surface area contributed by atoms with Gasteiger partial charge >= 0.3 is 7.82 Å². The SMILES string of the molecule is CC(C)=CCC/C(C)=C/CC(/C=C(\C)CCC=C(C)C)OP(=O)(O)O.OCC(O)CO. The maximum Gasteiger partial charge on any atom is 0.470 e. The first-order chi connectivity index (χ1) is 14.3. The van der Waals surface area contributed by atoms with E-state index in [4.69, 9.17) is 29.6 Å². The van der Waals surface area contributed by atoms with Gasteiger partial charge < -0.3 is 25.1 Å². The molecule has 0 aromatic rings. The summed E-state index contributed by atoms with van der Waals surface area (Å²) in [6.07, 6.45) is 10.8. The van der Waals surface area contributed by atoms with Gasteiger partial charge in [-0.2, -0.15) is 0 Å². The van der Waals surface area contributed by atoms with Crippen molar-refractivity contribution in [1.29, 1.82) is 0 Å². The lowest BCUT2D eigenvalue weighted by Gasteiger charge is -2.15. The van der Waals surface area contributed by atoms with Crippen LogP contribution < -0.4 is 0 Å². The van der Waals surface area contributed by atoms with Crippen LogP contribution in [0, 0.1) is 0 Å². The first kappa shape index (κ1) is 32.1. The molecule has 8 heteroatoms. The zero-order valence-electron chi connectivity index (χ0n) is 19.9. The Morgan fingerprint density at radius 1 is 0.839 bits per heavy atom. The highest BCUT2D eigenvalue weighted by atomic mass is 31.2. The smallest absolute Gasteiger partial charge is 0.394 e. The zero-order chi connectivity index (χ0) is 24.4. The van der Waals surface area contributed by atoms with Crippen LogP contribution in [0.4, 0.5) is 0 Å². The van der Waals surface area contributed by atoms with E-state index in [9.17, 15) is 4.57 Å². The minimum absolute atomic E-state index is 0.365. The Hall–Kier alpha value is -1.05. The number of phosphoric ester groups is 1. The Kier molecular flexibility index (Phi) is 19.2. The van der Waals surface area contributed by atoms with Gasteiger partial charge in [-0.15, -0.1) is 0 Å². The summed E-state index contributed by atoms with van der Waals surface area (Å²) in [5.41, 5.74) is 4.84. The summed E-state index contributed by atoms with van der Waals surface area (Å²) in [7, 11) is -4.51. The molecule has 1 unspecified atom stereocenters. The molecule has 0 saturated heterocycles. The van der Waals surface area contributed by atoms with E-state index in [1.807, 2.05) is 26.0 Å². The second-order valence-electron chi connectivity index (χ2n) is 8.09. The maximum atomic E-state index is 11.2. The molecule has 0 radical (unpaired) electrons. The fourth-order valence-corrected chi connectivity index (χ4v) is 2.87. The number of allylic oxidation sites excluding steroid dienone is 6. The molecule has 0 amide bonds. The Labute approximate surface area is 188 Å². The van der Waals surface area contributed by atoms with E-state index >= 15 is 0 Å². The van der Waals surface area contributed by atoms with Crippen LogP contribution in [-0.4, -0.2) is 50.5 Å². The number of aliphatic hydroxyl groups excluding tert-OH is 3. The number of phosphoric acid groups is 1. The van der Waals surface area contributed by atoms with Crippen molar-refractivity contribution in [3.8, 4) is 0 Å². The number of hydrogen-bond acceptors (Lipinski definition) is 5. The highest BCUT2D eigenvalue weighted by Crippen LogP contribution is 2.39. The minimum atomic E-state index is -4.51. The van der Waals surface area contributed by atoms with Crippen molar-refractivity contribution in [3.05, 3.63) is 46.6 Å². The molecule has 0 aromatic carbocycles. The molecule has 182 valence electrons. The van der Waals surface area contributed by atoms with Crippen molar-refractivity contribution in [1.82, 2.24) is 0 Å². The molecule has 0 spiro atoms. The first-order valence-corrected chi connectivity index (χ1v) is 12.1. The van der Waals surface area contributed by atoms with E-state index < -0.39 is 20.0 Å². The lowest BCUT2D eigenvalue weighted by molar-refractivity contribution is 0.0450. The van der Waals surface area contributed by atoms with Crippen LogP contribution in [0.2, 0.25) is 0 Å². The van der Waals surface area contributed by atoms with Crippen LogP contribution in [0.15, 0.2) is 46.6 Å². The van der Waals surface area contributed by atoms with Gasteiger partial charge in [-0.05, 0) is 73.6 Å². The number of aliphatic hydroxyl groups is 3. The van der Waals surface area contributed by atoms with Gasteiger partial charge in [0.15, 0.2) is 0 Å². The molecule has 0 heterocycles. The van der Waals surface area contributed by atoms with Crippen LogP contribution >= 0.6 is 7.82 Å². The molecular formula is C23H43O7P. The van der Waals surface area contributed by atoms with Crippen molar-refractivity contribution >= 4 is 7.82 Å². The predicted octanol–water partition coefficient (Wildman–Crippen LogP) is 4.57. The average Bonchev–Trinajstić information content (AvgIpc) is 2.64. The van der Waals surface area contributed by atoms with Gasteiger partial charge in [0.2, 0.25) is 0 Å². The third kappa shape index (κ3) is 25.1. The van der Waals surface area contributed by atoms with Crippen LogP contribution in [0.1, 0.15) is 73.6 Å². The van der Waals surface area contributed by atoms with Crippen molar-refractivity contribution in [2.24, 2.45) is 0 Å². The summed E-state index contributed by atoms with van der Waals surface area (Å²) in [6.45, 7) is 11.5. The molecule has 0 aromatic heterocycles. The molecule has 0 bridgehead atoms. The molecule has 7 nitrogen and oxygen atoms in total. The lowest BCUT2D eigenvalue weighted by atomic mass is 10.0. The lowest BCUT2D eigenvalue weighted by Crippen LogP contribution is -2.15. The quantitative estimate of drug-likeness (QED) is 0.200. The molecule has 0 aliphatic rings. The fraction of sp³-hybridized carbons (Fsp3) is 0.652. The van der Waals surface area contributed by atoms with Gasteiger partial charge in [-0.1, -0.05) is 46.6 Å². The number of hydrogen-bond donors (Lipinski definition) is 5. The summed E-state index contributed by atoms with van der Waals surface area (Å²) in [6, 6.07) is 0. The third-order valence-electron chi connectivity index (χ3n) is 4.05. The van der Waals surface area contributed by atoms with Gasteiger partial charge in [0.25, 0.3) is 0 Å². The van der Waals surface area contributed by atoms with Gasteiger partial charge in [-0.3, -0.25) is 4.52 Å². The molecule has 31 heavy (non-hydrogen) atoms. The highest BCUT2D eigenvalue weighted by Gasteiger charge is 2.20. The molecule has 0 aliphatic carbocycles. The van der Waals surface area contributed by atoms with Crippen LogP contribution in [-0.2, 0) is 9.09 Å². The monoisotopic (exact) mass is 462 g/mol. The molecule has 0 aliphatic heterocycles. The van der Waals surface area contributed by atoms with E-state index in [1.165, 1.54) is 16.7 Å². The Morgan fingerprint density at radius 2 is 1.29 bits per heavy atom. The van der Waals surface area contributed by atoms with Gasteiger partial charge in [0.1, 0.15) is 6.10 Å². The third-order valence-corrected chi connectivity index (χ3v) is 4.59. The van der Waals surface area contributed by atoms with E-state index in [1.54, 1.807) is 0 Å². The summed E-state index contributed by atoms with van der Waals surface area (Å²) >= 11 is 0. The molecule has 1 atom stereocenters. The minimum Gasteiger partial charge on any atom is -0.394 e. The molecular weight excluding hydrogens is 419 g/mol. The molecule has 5 N–H and O–H groups in total. The Bertz CT molecular complexity index is 632. The Balaban J connectivity index is 0. The zero-order valence-corrected chi connectivity index (χ0v) is 20.8.